The van der Waals surface area contributed by atoms with Crippen molar-refractivity contribution >= 4 is 40.7 Å². The normalized spacial score (nSPS) is 15.0. The molecule has 9 heteroatoms. The smallest absolute Gasteiger partial charge is 0.338 e. The van der Waals surface area contributed by atoms with Gasteiger partial charge in [-0.05, 0) is 41.6 Å². The predicted molar refractivity (Wildman–Crippen MR) is 112 cm³/mol. The minimum absolute atomic E-state index is 0.133. The summed E-state index contributed by atoms with van der Waals surface area (Å²) in [6, 6.07) is 9.76. The maximum absolute atomic E-state index is 12.3. The van der Waals surface area contributed by atoms with Gasteiger partial charge >= 0.3 is 5.97 Å². The number of carbonyl (C=O) groups is 4. The van der Waals surface area contributed by atoms with E-state index in [1.54, 1.807) is 11.3 Å². The van der Waals surface area contributed by atoms with E-state index in [1.165, 1.54) is 24.3 Å². The number of ether oxygens (including phenoxy) is 1. The number of carbonyl (C=O) groups excluding carboxylic acids is 4. The standard InChI is InChI=1S/C21H23N3O5S/c1-13(2)20(16-4-3-11-30-16)22-18(26)12-29-21(28)14-5-7-15(8-6-14)24-19(27)10-9-17(25)23-24/h3-8,11,13,20H,9-10,12H2,1-2H3,(H,22,26)(H,23,25)/t20-/m1/s1. The van der Waals surface area contributed by atoms with E-state index in [1.807, 2.05) is 31.4 Å². The first-order valence-electron chi connectivity index (χ1n) is 9.57. The van der Waals surface area contributed by atoms with Crippen LogP contribution in [0.4, 0.5) is 5.69 Å². The van der Waals surface area contributed by atoms with Gasteiger partial charge in [0.2, 0.25) is 11.8 Å². The zero-order chi connectivity index (χ0) is 21.7. The number of rotatable bonds is 7. The number of thiophene rings is 1. The summed E-state index contributed by atoms with van der Waals surface area (Å²) in [5.41, 5.74) is 3.17. The van der Waals surface area contributed by atoms with Crippen LogP contribution in [0.25, 0.3) is 0 Å². The van der Waals surface area contributed by atoms with Crippen molar-refractivity contribution in [1.82, 2.24) is 10.7 Å². The lowest BCUT2D eigenvalue weighted by Crippen LogP contribution is -2.50. The summed E-state index contributed by atoms with van der Waals surface area (Å²) in [5, 5.41) is 6.00. The second-order valence-electron chi connectivity index (χ2n) is 7.19. The SMILES string of the molecule is CC(C)[C@@H](NC(=O)COC(=O)c1ccc(N2NC(=O)CCC2=O)cc1)c1cccs1. The molecule has 1 aromatic heterocycles. The summed E-state index contributed by atoms with van der Waals surface area (Å²) in [7, 11) is 0. The van der Waals surface area contributed by atoms with Crippen LogP contribution in [0.3, 0.4) is 0 Å². The molecule has 0 saturated carbocycles. The highest BCUT2D eigenvalue weighted by Crippen LogP contribution is 2.25. The van der Waals surface area contributed by atoms with Crippen LogP contribution in [-0.4, -0.2) is 30.3 Å². The Kier molecular flexibility index (Phi) is 6.83. The molecule has 0 spiro atoms. The number of amides is 3. The molecule has 8 nitrogen and oxygen atoms in total. The first-order chi connectivity index (χ1) is 14.3. The Balaban J connectivity index is 1.55. The van der Waals surface area contributed by atoms with E-state index in [0.717, 1.165) is 9.89 Å². The summed E-state index contributed by atoms with van der Waals surface area (Å²) in [4.78, 5) is 49.0. The third-order valence-corrected chi connectivity index (χ3v) is 5.54. The van der Waals surface area contributed by atoms with Gasteiger partial charge in [-0.2, -0.15) is 0 Å². The second-order valence-corrected chi connectivity index (χ2v) is 8.17. The lowest BCUT2D eigenvalue weighted by atomic mass is 10.0. The van der Waals surface area contributed by atoms with Gasteiger partial charge in [0.1, 0.15) is 0 Å². The minimum atomic E-state index is -0.650. The van der Waals surface area contributed by atoms with Crippen LogP contribution in [-0.2, 0) is 19.1 Å². The molecule has 1 atom stereocenters. The molecule has 1 fully saturated rings. The third-order valence-electron chi connectivity index (χ3n) is 4.58. The van der Waals surface area contributed by atoms with Crippen LogP contribution < -0.4 is 15.8 Å². The minimum Gasteiger partial charge on any atom is -0.452 e. The van der Waals surface area contributed by atoms with Gasteiger partial charge in [0.05, 0.1) is 17.3 Å². The molecule has 0 aliphatic carbocycles. The number of nitrogens with one attached hydrogen (secondary N) is 2. The Bertz CT molecular complexity index is 925. The van der Waals surface area contributed by atoms with Gasteiger partial charge in [-0.15, -0.1) is 11.3 Å². The molecule has 3 rings (SSSR count). The number of esters is 1. The fourth-order valence-electron chi connectivity index (χ4n) is 2.99. The molecule has 158 valence electrons. The highest BCUT2D eigenvalue weighted by Gasteiger charge is 2.25. The van der Waals surface area contributed by atoms with E-state index >= 15 is 0 Å². The number of nitrogens with zero attached hydrogens (tertiary/aromatic N) is 1. The zero-order valence-corrected chi connectivity index (χ0v) is 17.5. The molecule has 2 heterocycles. The van der Waals surface area contributed by atoms with E-state index in [9.17, 15) is 19.2 Å². The lowest BCUT2D eigenvalue weighted by molar-refractivity contribution is -0.130. The first-order valence-corrected chi connectivity index (χ1v) is 10.5. The van der Waals surface area contributed by atoms with Crippen LogP contribution in [0.15, 0.2) is 41.8 Å². The fraction of sp³-hybridized carbons (Fsp3) is 0.333. The van der Waals surface area contributed by atoms with Gasteiger partial charge < -0.3 is 10.1 Å². The van der Waals surface area contributed by atoms with Gasteiger partial charge in [0.25, 0.3) is 5.91 Å². The summed E-state index contributed by atoms with van der Waals surface area (Å²) < 4.78 is 5.11. The third kappa shape index (κ3) is 5.24. The molecule has 1 aliphatic heterocycles. The molecule has 0 bridgehead atoms. The predicted octanol–water partition coefficient (Wildman–Crippen LogP) is 2.58. The van der Waals surface area contributed by atoms with Crippen molar-refractivity contribution in [2.75, 3.05) is 11.6 Å². The maximum atomic E-state index is 12.3. The highest BCUT2D eigenvalue weighted by atomic mass is 32.1. The van der Waals surface area contributed by atoms with E-state index in [2.05, 4.69) is 10.7 Å². The molecule has 2 N–H and O–H groups in total. The Morgan fingerprint density at radius 2 is 1.90 bits per heavy atom. The van der Waals surface area contributed by atoms with Crippen molar-refractivity contribution in [3.05, 3.63) is 52.2 Å². The number of anilines is 1. The van der Waals surface area contributed by atoms with Gasteiger partial charge in [-0.1, -0.05) is 19.9 Å². The van der Waals surface area contributed by atoms with Gasteiger partial charge in [0, 0.05) is 17.7 Å². The summed E-state index contributed by atoms with van der Waals surface area (Å²) >= 11 is 1.56. The van der Waals surface area contributed by atoms with Crippen molar-refractivity contribution in [2.45, 2.75) is 32.7 Å². The van der Waals surface area contributed by atoms with Crippen molar-refractivity contribution in [3.8, 4) is 0 Å². The van der Waals surface area contributed by atoms with Crippen molar-refractivity contribution in [1.29, 1.82) is 0 Å². The Morgan fingerprint density at radius 1 is 1.17 bits per heavy atom. The average molecular weight is 429 g/mol. The molecular formula is C21H23N3O5S. The highest BCUT2D eigenvalue weighted by molar-refractivity contribution is 7.10. The number of benzene rings is 1. The van der Waals surface area contributed by atoms with Gasteiger partial charge in [-0.25, -0.2) is 9.80 Å². The van der Waals surface area contributed by atoms with E-state index in [4.69, 9.17) is 4.74 Å². The Labute approximate surface area is 178 Å². The Morgan fingerprint density at radius 3 is 2.53 bits per heavy atom. The fourth-order valence-corrected chi connectivity index (χ4v) is 3.94. The second kappa shape index (κ2) is 9.53. The summed E-state index contributed by atoms with van der Waals surface area (Å²) in [6.45, 7) is 3.62. The van der Waals surface area contributed by atoms with Gasteiger partial charge in [-0.3, -0.25) is 19.8 Å². The van der Waals surface area contributed by atoms with Crippen LogP contribution >= 0.6 is 11.3 Å². The molecular weight excluding hydrogens is 406 g/mol. The molecule has 3 amide bonds. The lowest BCUT2D eigenvalue weighted by Gasteiger charge is -2.27. The van der Waals surface area contributed by atoms with Crippen LogP contribution in [0, 0.1) is 5.92 Å². The number of hydrogen-bond acceptors (Lipinski definition) is 6. The molecule has 2 aromatic rings. The van der Waals surface area contributed by atoms with Crippen LogP contribution in [0.5, 0.6) is 0 Å². The van der Waals surface area contributed by atoms with Crippen LogP contribution in [0.1, 0.15) is 48.0 Å². The van der Waals surface area contributed by atoms with Crippen molar-refractivity contribution in [2.24, 2.45) is 5.92 Å². The van der Waals surface area contributed by atoms with E-state index in [0.29, 0.717) is 5.69 Å². The van der Waals surface area contributed by atoms with Crippen molar-refractivity contribution in [3.63, 3.8) is 0 Å². The van der Waals surface area contributed by atoms with Crippen LogP contribution in [0.2, 0.25) is 0 Å². The molecule has 1 aliphatic rings. The summed E-state index contributed by atoms with van der Waals surface area (Å²) in [6.07, 6.45) is 0.291. The Hall–Kier alpha value is -3.20. The quantitative estimate of drug-likeness (QED) is 0.658. The maximum Gasteiger partial charge on any atom is 0.338 e. The van der Waals surface area contributed by atoms with Gasteiger partial charge in [0.15, 0.2) is 6.61 Å². The molecule has 1 saturated heterocycles. The molecule has 0 unspecified atom stereocenters. The van der Waals surface area contributed by atoms with E-state index < -0.39 is 12.6 Å². The molecule has 30 heavy (non-hydrogen) atoms. The first kappa shape index (κ1) is 21.5. The summed E-state index contributed by atoms with van der Waals surface area (Å²) in [5.74, 6) is -1.32. The number of hydrogen-bond donors (Lipinski definition) is 2. The zero-order valence-electron chi connectivity index (χ0n) is 16.7. The average Bonchev–Trinajstić information content (AvgIpc) is 3.26. The largest absolute Gasteiger partial charge is 0.452 e. The molecule has 1 aromatic carbocycles. The molecule has 0 radical (unpaired) electrons. The number of hydrazine groups is 1. The van der Waals surface area contributed by atoms with Crippen molar-refractivity contribution < 1.29 is 23.9 Å². The van der Waals surface area contributed by atoms with E-state index in [-0.39, 0.29) is 48.1 Å². The topological polar surface area (TPSA) is 105 Å². The monoisotopic (exact) mass is 429 g/mol.